The van der Waals surface area contributed by atoms with E-state index in [1.54, 1.807) is 28.4 Å². The summed E-state index contributed by atoms with van der Waals surface area (Å²) in [6, 6.07) is 5.59. The molecular weight excluding hydrogens is 433 g/mol. The number of aromatic nitrogens is 4. The Labute approximate surface area is 196 Å². The molecule has 2 aliphatic rings. The quantitative estimate of drug-likeness (QED) is 0.474. The average molecular weight is 462 g/mol. The molecule has 1 saturated carbocycles. The van der Waals surface area contributed by atoms with Crippen molar-refractivity contribution in [2.45, 2.75) is 44.7 Å². The lowest BCUT2D eigenvalue weighted by atomic mass is 10.1. The zero-order chi connectivity index (χ0) is 23.6. The molecule has 0 radical (unpaired) electrons. The van der Waals surface area contributed by atoms with Gasteiger partial charge in [-0.05, 0) is 45.2 Å². The van der Waals surface area contributed by atoms with Crippen LogP contribution in [-0.2, 0) is 7.05 Å². The van der Waals surface area contributed by atoms with Crippen LogP contribution in [0.4, 0.5) is 15.8 Å². The van der Waals surface area contributed by atoms with Crippen LogP contribution in [0, 0.1) is 12.7 Å². The Morgan fingerprint density at radius 3 is 2.85 bits per heavy atom. The summed E-state index contributed by atoms with van der Waals surface area (Å²) >= 11 is 0. The molecule has 1 atom stereocenters. The molecule has 2 N–H and O–H groups in total. The van der Waals surface area contributed by atoms with E-state index in [0.29, 0.717) is 34.0 Å². The van der Waals surface area contributed by atoms with E-state index in [2.05, 4.69) is 32.5 Å². The molecule has 4 heterocycles. The zero-order valence-corrected chi connectivity index (χ0v) is 19.6. The summed E-state index contributed by atoms with van der Waals surface area (Å²) < 4.78 is 17.8. The molecule has 1 aliphatic heterocycles. The molecule has 1 saturated heterocycles. The minimum atomic E-state index is -0.485. The van der Waals surface area contributed by atoms with Crippen LogP contribution >= 0.6 is 0 Å². The Bertz CT molecular complexity index is 1430. The van der Waals surface area contributed by atoms with Crippen molar-refractivity contribution >= 4 is 33.8 Å². The number of fused-ring (bicyclic) bond motifs is 2. The van der Waals surface area contributed by atoms with E-state index in [0.717, 1.165) is 30.6 Å². The number of rotatable bonds is 5. The minimum absolute atomic E-state index is 0.237. The normalized spacial score (nSPS) is 19.3. The molecule has 1 amide bonds. The number of nitrogens with zero attached hydrogens (tertiary/aromatic N) is 5. The Morgan fingerprint density at radius 1 is 1.24 bits per heavy atom. The maximum absolute atomic E-state index is 14.5. The molecule has 6 rings (SSSR count). The van der Waals surface area contributed by atoms with Gasteiger partial charge in [-0.25, -0.2) is 9.37 Å². The molecule has 0 bridgehead atoms. The second-order valence-corrected chi connectivity index (χ2v) is 9.98. The van der Waals surface area contributed by atoms with Crippen LogP contribution in [0.25, 0.3) is 16.6 Å². The Morgan fingerprint density at radius 2 is 2.06 bits per heavy atom. The van der Waals surface area contributed by atoms with Crippen molar-refractivity contribution in [1.29, 1.82) is 0 Å². The van der Waals surface area contributed by atoms with Gasteiger partial charge in [-0.3, -0.25) is 9.48 Å². The van der Waals surface area contributed by atoms with Crippen LogP contribution in [0.3, 0.4) is 0 Å². The summed E-state index contributed by atoms with van der Waals surface area (Å²) in [5.74, 6) is -0.810. The summed E-state index contributed by atoms with van der Waals surface area (Å²) in [4.78, 5) is 19.7. The molecule has 2 fully saturated rings. The largest absolute Gasteiger partial charge is 0.369 e. The van der Waals surface area contributed by atoms with Crippen molar-refractivity contribution in [3.05, 3.63) is 53.9 Å². The number of amides is 1. The highest BCUT2D eigenvalue weighted by Gasteiger charge is 2.40. The lowest BCUT2D eigenvalue weighted by Crippen LogP contribution is -2.40. The lowest BCUT2D eigenvalue weighted by molar-refractivity contribution is 0.102. The molecule has 176 valence electrons. The summed E-state index contributed by atoms with van der Waals surface area (Å²) in [5, 5.41) is 12.2. The van der Waals surface area contributed by atoms with Gasteiger partial charge in [0.1, 0.15) is 5.52 Å². The van der Waals surface area contributed by atoms with Crippen molar-refractivity contribution in [3.63, 3.8) is 0 Å². The number of hydrogen-bond donors (Lipinski definition) is 2. The van der Waals surface area contributed by atoms with Crippen molar-refractivity contribution in [1.82, 2.24) is 24.5 Å². The molecule has 0 spiro atoms. The predicted octanol–water partition coefficient (Wildman–Crippen LogP) is 3.64. The van der Waals surface area contributed by atoms with Crippen LogP contribution in [0.15, 0.2) is 36.8 Å². The highest BCUT2D eigenvalue weighted by molar-refractivity contribution is 6.13. The number of halogens is 1. The minimum Gasteiger partial charge on any atom is -0.369 e. The number of hydrogen-bond acceptors (Lipinski definition) is 5. The van der Waals surface area contributed by atoms with Gasteiger partial charge in [-0.1, -0.05) is 0 Å². The fraction of sp³-hybridized carbons (Fsp3) is 0.400. The molecule has 1 aliphatic carbocycles. The first-order valence-corrected chi connectivity index (χ1v) is 11.7. The molecule has 1 aromatic carbocycles. The summed E-state index contributed by atoms with van der Waals surface area (Å²) in [6.07, 6.45) is 8.94. The monoisotopic (exact) mass is 461 g/mol. The van der Waals surface area contributed by atoms with Crippen LogP contribution in [0.5, 0.6) is 0 Å². The zero-order valence-electron chi connectivity index (χ0n) is 19.6. The van der Waals surface area contributed by atoms with E-state index < -0.39 is 5.82 Å². The fourth-order valence-electron chi connectivity index (χ4n) is 5.03. The number of anilines is 2. The highest BCUT2D eigenvalue weighted by Crippen LogP contribution is 2.37. The van der Waals surface area contributed by atoms with E-state index in [-0.39, 0.29) is 11.6 Å². The average Bonchev–Trinajstić information content (AvgIpc) is 3.12. The molecule has 4 aromatic rings. The molecule has 9 heteroatoms. The van der Waals surface area contributed by atoms with E-state index in [9.17, 15) is 9.18 Å². The lowest BCUT2D eigenvalue weighted by Gasteiger charge is -2.22. The molecular formula is C25H28FN7O. The first-order chi connectivity index (χ1) is 16.3. The summed E-state index contributed by atoms with van der Waals surface area (Å²) in [5.41, 5.74) is 3.81. The predicted molar refractivity (Wildman–Crippen MR) is 130 cm³/mol. The standard InChI is InChI=1S/C25H28FN7O/c1-15-11-33-13-17(10-20(26)23(33)27-15)28-24(34)18-4-5-21(19-14-31(3)30-22(18)19)32-9-6-16(12-32)29-25(2)7-8-25/h4-5,10-11,13-14,16,29H,6-9,12H2,1-3H3,(H,28,34)/t16-/m0/s1. The second-order valence-electron chi connectivity index (χ2n) is 9.98. The number of benzene rings is 1. The second kappa shape index (κ2) is 7.53. The van der Waals surface area contributed by atoms with Crippen LogP contribution in [0.1, 0.15) is 42.2 Å². The molecule has 3 aromatic heterocycles. The summed E-state index contributed by atoms with van der Waals surface area (Å²) in [7, 11) is 1.86. The number of imidazole rings is 1. The van der Waals surface area contributed by atoms with Gasteiger partial charge in [0.15, 0.2) is 11.5 Å². The van der Waals surface area contributed by atoms with E-state index in [1.165, 1.54) is 18.9 Å². The van der Waals surface area contributed by atoms with Gasteiger partial charge >= 0.3 is 0 Å². The Hall–Kier alpha value is -3.46. The Balaban J connectivity index is 1.28. The van der Waals surface area contributed by atoms with Crippen molar-refractivity contribution in [2.24, 2.45) is 7.05 Å². The smallest absolute Gasteiger partial charge is 0.257 e. The number of nitrogens with one attached hydrogen (secondary N) is 2. The SMILES string of the molecule is Cc1cn2cc(NC(=O)c3ccc(N4CC[C@H](NC5(C)CC5)C4)c4cn(C)nc34)cc(F)c2n1. The first kappa shape index (κ1) is 21.1. The molecule has 0 unspecified atom stereocenters. The van der Waals surface area contributed by atoms with Gasteiger partial charge in [0.2, 0.25) is 0 Å². The number of aryl methyl sites for hydroxylation is 2. The van der Waals surface area contributed by atoms with Gasteiger partial charge in [-0.15, -0.1) is 0 Å². The van der Waals surface area contributed by atoms with E-state index in [1.807, 2.05) is 25.4 Å². The molecule has 8 nitrogen and oxygen atoms in total. The number of carbonyl (C=O) groups is 1. The van der Waals surface area contributed by atoms with Crippen LogP contribution < -0.4 is 15.5 Å². The first-order valence-electron chi connectivity index (χ1n) is 11.7. The third-order valence-electron chi connectivity index (χ3n) is 6.98. The van der Waals surface area contributed by atoms with Gasteiger partial charge in [0.05, 0.1) is 16.9 Å². The molecule has 34 heavy (non-hydrogen) atoms. The van der Waals surface area contributed by atoms with Gasteiger partial charge < -0.3 is 19.9 Å². The van der Waals surface area contributed by atoms with Crippen molar-refractivity contribution in [2.75, 3.05) is 23.3 Å². The topological polar surface area (TPSA) is 79.5 Å². The van der Waals surface area contributed by atoms with Crippen LogP contribution in [-0.4, -0.2) is 49.7 Å². The van der Waals surface area contributed by atoms with Crippen molar-refractivity contribution < 1.29 is 9.18 Å². The van der Waals surface area contributed by atoms with E-state index >= 15 is 0 Å². The third-order valence-corrected chi connectivity index (χ3v) is 6.98. The highest BCUT2D eigenvalue weighted by atomic mass is 19.1. The van der Waals surface area contributed by atoms with E-state index in [4.69, 9.17) is 0 Å². The maximum atomic E-state index is 14.5. The summed E-state index contributed by atoms with van der Waals surface area (Å²) in [6.45, 7) is 6.00. The fourth-order valence-corrected chi connectivity index (χ4v) is 5.03. The van der Waals surface area contributed by atoms with Gasteiger partial charge in [0.25, 0.3) is 5.91 Å². The third kappa shape index (κ3) is 3.69. The number of pyridine rings is 1. The van der Waals surface area contributed by atoms with Gasteiger partial charge in [-0.2, -0.15) is 5.10 Å². The van der Waals surface area contributed by atoms with Gasteiger partial charge in [0, 0.05) is 67.4 Å². The van der Waals surface area contributed by atoms with Crippen LogP contribution in [0.2, 0.25) is 0 Å². The maximum Gasteiger partial charge on any atom is 0.257 e. The number of carbonyl (C=O) groups excluding carboxylic acids is 1. The van der Waals surface area contributed by atoms with Crippen molar-refractivity contribution in [3.8, 4) is 0 Å². The Kier molecular flexibility index (Phi) is 4.67.